The largest absolute Gasteiger partial charge is 0.481 e. The Morgan fingerprint density at radius 1 is 1.21 bits per heavy atom. The lowest BCUT2D eigenvalue weighted by Crippen LogP contribution is -2.70. The SMILES string of the molecule is C=C1[C@@H]2CC[C@@]3(C)[C@H](c4ccoc4)OC(=O)C[C@]13O[C@@H]1CC(=O)OC(C)(C)[C@H](CC(=O)O)[C@]12C. The summed E-state index contributed by atoms with van der Waals surface area (Å²) >= 11 is 0. The monoisotopic (exact) mass is 472 g/mol. The standard InChI is InChI=1S/C26H32O8/c1-14-16-6-8-24(4)22(15-7-9-31-13-15)32-21(30)12-26(14,24)33-18-11-20(29)34-23(2,3)17(10-19(27)28)25(16,18)5/h7,9,13,16-18,22H,1,6,8,10-12H2,2-5H3,(H,27,28)/t16-,17-,18+,22-,24-,25+,26-/m0/s1. The average molecular weight is 473 g/mol. The lowest BCUT2D eigenvalue weighted by Gasteiger charge is -2.68. The van der Waals surface area contributed by atoms with Gasteiger partial charge < -0.3 is 23.7 Å². The first-order valence-corrected chi connectivity index (χ1v) is 11.9. The second kappa shape index (κ2) is 7.20. The van der Waals surface area contributed by atoms with E-state index in [0.29, 0.717) is 12.8 Å². The fourth-order valence-corrected chi connectivity index (χ4v) is 7.70. The van der Waals surface area contributed by atoms with Gasteiger partial charge in [0.25, 0.3) is 0 Å². The zero-order chi connectivity index (χ0) is 24.7. The highest BCUT2D eigenvalue weighted by atomic mass is 16.6. The summed E-state index contributed by atoms with van der Waals surface area (Å²) < 4.78 is 23.9. The van der Waals surface area contributed by atoms with Crippen LogP contribution in [0.3, 0.4) is 0 Å². The van der Waals surface area contributed by atoms with Crippen LogP contribution >= 0.6 is 0 Å². The number of aliphatic carboxylic acids is 1. The molecule has 0 amide bonds. The normalized spacial score (nSPS) is 43.1. The minimum absolute atomic E-state index is 0.00179. The predicted octanol–water partition coefficient (Wildman–Crippen LogP) is 4.20. The third-order valence-electron chi connectivity index (χ3n) is 9.37. The molecule has 1 aromatic rings. The van der Waals surface area contributed by atoms with Gasteiger partial charge in [-0.25, -0.2) is 0 Å². The Balaban J connectivity index is 1.66. The van der Waals surface area contributed by atoms with Crippen LogP contribution in [0.5, 0.6) is 0 Å². The van der Waals surface area contributed by atoms with E-state index < -0.39 is 58.1 Å². The Kier molecular flexibility index (Phi) is 4.90. The quantitative estimate of drug-likeness (QED) is 0.515. The minimum Gasteiger partial charge on any atom is -0.481 e. The summed E-state index contributed by atoms with van der Waals surface area (Å²) in [6.07, 6.45) is 3.13. The first kappa shape index (κ1) is 23.1. The summed E-state index contributed by atoms with van der Waals surface area (Å²) in [6.45, 7) is 12.1. The van der Waals surface area contributed by atoms with Crippen LogP contribution in [0, 0.1) is 22.7 Å². The van der Waals surface area contributed by atoms with Crippen LogP contribution < -0.4 is 0 Å². The molecule has 8 nitrogen and oxygen atoms in total. The fourth-order valence-electron chi connectivity index (χ4n) is 7.70. The van der Waals surface area contributed by atoms with Gasteiger partial charge in [-0.1, -0.05) is 20.4 Å². The lowest BCUT2D eigenvalue weighted by molar-refractivity contribution is -0.290. The maximum Gasteiger partial charge on any atom is 0.309 e. The van der Waals surface area contributed by atoms with Gasteiger partial charge >= 0.3 is 17.9 Å². The summed E-state index contributed by atoms with van der Waals surface area (Å²) in [6, 6.07) is 1.79. The van der Waals surface area contributed by atoms with E-state index in [0.717, 1.165) is 11.1 Å². The second-order valence-electron chi connectivity index (χ2n) is 11.4. The van der Waals surface area contributed by atoms with Crippen molar-refractivity contribution in [3.63, 3.8) is 0 Å². The number of fused-ring (bicyclic) bond motifs is 3. The van der Waals surface area contributed by atoms with Crippen LogP contribution in [-0.4, -0.2) is 40.3 Å². The van der Waals surface area contributed by atoms with Gasteiger partial charge in [-0.15, -0.1) is 0 Å². The molecule has 4 heterocycles. The molecule has 3 saturated heterocycles. The van der Waals surface area contributed by atoms with Gasteiger partial charge in [0.2, 0.25) is 0 Å². The van der Waals surface area contributed by atoms with E-state index in [-0.39, 0.29) is 25.2 Å². The van der Waals surface area contributed by atoms with E-state index in [1.54, 1.807) is 32.4 Å². The number of hydrogen-bond donors (Lipinski definition) is 1. The molecular formula is C26H32O8. The zero-order valence-corrected chi connectivity index (χ0v) is 20.1. The van der Waals surface area contributed by atoms with E-state index in [4.69, 9.17) is 18.6 Å². The van der Waals surface area contributed by atoms with Gasteiger partial charge in [0.05, 0.1) is 37.9 Å². The zero-order valence-electron chi connectivity index (χ0n) is 20.1. The van der Waals surface area contributed by atoms with Crippen LogP contribution in [0.4, 0.5) is 0 Å². The molecule has 1 aromatic heterocycles. The van der Waals surface area contributed by atoms with Crippen LogP contribution in [0.15, 0.2) is 35.2 Å². The van der Waals surface area contributed by atoms with Crippen molar-refractivity contribution >= 4 is 17.9 Å². The van der Waals surface area contributed by atoms with E-state index in [1.165, 1.54) is 0 Å². The number of esters is 2. The van der Waals surface area contributed by atoms with Crippen LogP contribution in [-0.2, 0) is 28.6 Å². The maximum atomic E-state index is 12.9. The predicted molar refractivity (Wildman–Crippen MR) is 118 cm³/mol. The first-order valence-electron chi connectivity index (χ1n) is 11.9. The van der Waals surface area contributed by atoms with Crippen LogP contribution in [0.2, 0.25) is 0 Å². The van der Waals surface area contributed by atoms with Gasteiger partial charge in [0, 0.05) is 22.3 Å². The van der Waals surface area contributed by atoms with Gasteiger partial charge in [0.15, 0.2) is 0 Å². The molecule has 4 fully saturated rings. The van der Waals surface area contributed by atoms with Crippen molar-refractivity contribution in [1.82, 2.24) is 0 Å². The van der Waals surface area contributed by atoms with Gasteiger partial charge in [-0.2, -0.15) is 0 Å². The molecule has 1 saturated carbocycles. The summed E-state index contributed by atoms with van der Waals surface area (Å²) in [7, 11) is 0. The van der Waals surface area contributed by atoms with E-state index >= 15 is 0 Å². The molecule has 4 aliphatic rings. The van der Waals surface area contributed by atoms with Gasteiger partial charge in [-0.05, 0) is 44.2 Å². The molecular weight excluding hydrogens is 440 g/mol. The number of carboxylic acid groups (broad SMARTS) is 1. The minimum atomic E-state index is -1.04. The number of hydrogen-bond acceptors (Lipinski definition) is 7. The Hall–Kier alpha value is -2.61. The van der Waals surface area contributed by atoms with Crippen LogP contribution in [0.25, 0.3) is 0 Å². The summed E-state index contributed by atoms with van der Waals surface area (Å²) in [5, 5.41) is 9.78. The molecule has 0 unspecified atom stereocenters. The van der Waals surface area contributed by atoms with Crippen molar-refractivity contribution in [1.29, 1.82) is 0 Å². The lowest BCUT2D eigenvalue weighted by atomic mass is 9.45. The highest BCUT2D eigenvalue weighted by molar-refractivity contribution is 5.75. The number of carbonyl (C=O) groups is 3. The molecule has 0 aromatic carbocycles. The number of rotatable bonds is 3. The van der Waals surface area contributed by atoms with Crippen molar-refractivity contribution < 1.29 is 38.1 Å². The Morgan fingerprint density at radius 2 is 1.94 bits per heavy atom. The Labute approximate surface area is 198 Å². The highest BCUT2D eigenvalue weighted by Gasteiger charge is 2.72. The average Bonchev–Trinajstić information content (AvgIpc) is 3.23. The number of carbonyl (C=O) groups excluding carboxylic acids is 2. The Bertz CT molecular complexity index is 1060. The van der Waals surface area contributed by atoms with Gasteiger partial charge in [0.1, 0.15) is 17.3 Å². The van der Waals surface area contributed by atoms with E-state index in [1.807, 2.05) is 6.92 Å². The molecule has 7 atom stereocenters. The fraction of sp³-hybridized carbons (Fsp3) is 0.654. The molecule has 1 spiro atoms. The molecule has 3 aliphatic heterocycles. The first-order chi connectivity index (χ1) is 15.8. The van der Waals surface area contributed by atoms with Crippen molar-refractivity contribution in [2.75, 3.05) is 0 Å². The number of cyclic esters (lactones) is 2. The number of carboxylic acids is 1. The van der Waals surface area contributed by atoms with E-state index in [9.17, 15) is 19.5 Å². The molecule has 1 aliphatic carbocycles. The molecule has 1 N–H and O–H groups in total. The van der Waals surface area contributed by atoms with E-state index in [2.05, 4.69) is 13.5 Å². The van der Waals surface area contributed by atoms with Crippen molar-refractivity contribution in [2.24, 2.45) is 22.7 Å². The molecule has 5 rings (SSSR count). The summed E-state index contributed by atoms with van der Waals surface area (Å²) in [5.41, 5.74) is -1.86. The molecule has 8 heteroatoms. The second-order valence-corrected chi connectivity index (χ2v) is 11.4. The number of furan rings is 1. The summed E-state index contributed by atoms with van der Waals surface area (Å²) in [5.74, 6) is -2.43. The summed E-state index contributed by atoms with van der Waals surface area (Å²) in [4.78, 5) is 37.8. The van der Waals surface area contributed by atoms with Crippen molar-refractivity contribution in [3.8, 4) is 0 Å². The topological polar surface area (TPSA) is 112 Å². The Morgan fingerprint density at radius 3 is 2.59 bits per heavy atom. The molecule has 0 radical (unpaired) electrons. The smallest absolute Gasteiger partial charge is 0.309 e. The molecule has 2 bridgehead atoms. The molecule has 184 valence electrons. The maximum absolute atomic E-state index is 12.9. The van der Waals surface area contributed by atoms with Gasteiger partial charge in [-0.3, -0.25) is 14.4 Å². The van der Waals surface area contributed by atoms with Crippen LogP contribution in [0.1, 0.15) is 71.5 Å². The third-order valence-corrected chi connectivity index (χ3v) is 9.37. The van der Waals surface area contributed by atoms with Crippen molar-refractivity contribution in [3.05, 3.63) is 36.3 Å². The highest BCUT2D eigenvalue weighted by Crippen LogP contribution is 2.70. The molecule has 34 heavy (non-hydrogen) atoms. The van der Waals surface area contributed by atoms with Crippen molar-refractivity contribution in [2.45, 2.75) is 83.2 Å². The number of ether oxygens (including phenoxy) is 3. The third kappa shape index (κ3) is 2.90.